The van der Waals surface area contributed by atoms with E-state index in [4.69, 9.17) is 18.7 Å². The van der Waals surface area contributed by atoms with E-state index < -0.39 is 39.5 Å². The lowest BCUT2D eigenvalue weighted by Gasteiger charge is -2.60. The van der Waals surface area contributed by atoms with Crippen LogP contribution >= 0.6 is 0 Å². The van der Waals surface area contributed by atoms with Gasteiger partial charge in [0.2, 0.25) is 0 Å². The predicted octanol–water partition coefficient (Wildman–Crippen LogP) is 5.32. The zero-order valence-corrected chi connectivity index (χ0v) is 28.3. The molecule has 2 aromatic rings. The van der Waals surface area contributed by atoms with Crippen molar-refractivity contribution in [2.24, 2.45) is 22.7 Å². The van der Waals surface area contributed by atoms with Crippen molar-refractivity contribution < 1.29 is 41.5 Å². The first-order valence-corrected chi connectivity index (χ1v) is 17.3. The molecule has 1 aromatic heterocycles. The molecule has 1 unspecified atom stereocenters. The van der Waals surface area contributed by atoms with Crippen LogP contribution in [0.15, 0.2) is 63.6 Å². The summed E-state index contributed by atoms with van der Waals surface area (Å²) in [5, 5.41) is 7.16. The fourth-order valence-electron chi connectivity index (χ4n) is 7.95. The number of ether oxygens (including phenoxy) is 3. The highest BCUT2D eigenvalue weighted by atomic mass is 32.2. The molecule has 0 amide bonds. The Kier molecular flexibility index (Phi) is 9.59. The minimum absolute atomic E-state index is 0.0265. The lowest BCUT2D eigenvalue weighted by atomic mass is 9.46. The molecule has 2 N–H and O–H groups in total. The summed E-state index contributed by atoms with van der Waals surface area (Å²) in [6.07, 6.45) is 4.74. The number of anilines is 2. The van der Waals surface area contributed by atoms with Crippen LogP contribution < -0.4 is 10.0 Å². The maximum absolute atomic E-state index is 12.9. The summed E-state index contributed by atoms with van der Waals surface area (Å²) in [5.41, 5.74) is 1.25. The van der Waals surface area contributed by atoms with Gasteiger partial charge in [-0.15, -0.1) is 0 Å². The monoisotopic (exact) mass is 669 g/mol. The SMILES string of the molecule is C=C1CC[C@@H]2[C@](C)(COC(C)=O)[C@H](OC(C)=O)CC[C@@]2(C)[C@H]1CC(Nc1ccc(S(=O)(=O)Nc2cc(C)on2)cc1)C1=CCOC1=O. The Balaban J connectivity index is 1.41. The number of nitrogens with one attached hydrogen (secondary N) is 2. The number of allylic oxidation sites excluding steroid dienone is 1. The van der Waals surface area contributed by atoms with E-state index in [-0.39, 0.29) is 47.1 Å². The molecule has 2 aliphatic carbocycles. The Bertz CT molecular complexity index is 1680. The first kappa shape index (κ1) is 34.2. The van der Waals surface area contributed by atoms with E-state index in [1.54, 1.807) is 25.1 Å². The third kappa shape index (κ3) is 7.09. The fraction of sp³-hybridized carbons (Fsp3) is 0.529. The first-order valence-electron chi connectivity index (χ1n) is 15.8. The van der Waals surface area contributed by atoms with E-state index in [1.807, 2.05) is 6.92 Å². The highest BCUT2D eigenvalue weighted by Crippen LogP contribution is 2.62. The largest absolute Gasteiger partial charge is 0.465 e. The van der Waals surface area contributed by atoms with Crippen LogP contribution in [0.3, 0.4) is 0 Å². The molecule has 47 heavy (non-hydrogen) atoms. The topological polar surface area (TPSA) is 163 Å². The standard InChI is InChI=1S/C34H43N3O9S/c1-20-7-12-29-33(5,15-13-30(45-23(4)39)34(29,6)19-44-22(3)38)27(20)18-28(26-14-16-43-32(26)40)35-24-8-10-25(11-9-24)47(41,42)37-31-17-21(2)46-36-31/h8-11,14,17,27-30,35H,1,7,12-13,15-16,18-19H2,2-6H3,(H,36,37)/t27-,28?,29-,30+,33-,34-/m0/s1. The van der Waals surface area contributed by atoms with Crippen LogP contribution in [0.4, 0.5) is 11.5 Å². The number of benzene rings is 1. The van der Waals surface area contributed by atoms with Gasteiger partial charge in [-0.3, -0.25) is 14.3 Å². The Morgan fingerprint density at radius 3 is 2.47 bits per heavy atom. The summed E-state index contributed by atoms with van der Waals surface area (Å²) in [6.45, 7) is 13.5. The van der Waals surface area contributed by atoms with Gasteiger partial charge in [0.1, 0.15) is 25.1 Å². The second-order valence-corrected chi connectivity index (χ2v) is 15.1. The highest BCUT2D eigenvalue weighted by molar-refractivity contribution is 7.92. The number of carbonyl (C=O) groups is 3. The normalized spacial score (nSPS) is 28.0. The third-order valence-electron chi connectivity index (χ3n) is 10.2. The number of aromatic nitrogens is 1. The smallest absolute Gasteiger partial charge is 0.336 e. The number of esters is 3. The van der Waals surface area contributed by atoms with Gasteiger partial charge in [0, 0.05) is 31.0 Å². The molecular weight excluding hydrogens is 626 g/mol. The summed E-state index contributed by atoms with van der Waals surface area (Å²) < 4.78 is 49.9. The fourth-order valence-corrected chi connectivity index (χ4v) is 8.93. The number of cyclic esters (lactones) is 1. The molecule has 2 fully saturated rings. The lowest BCUT2D eigenvalue weighted by molar-refractivity contribution is -0.191. The van der Waals surface area contributed by atoms with Gasteiger partial charge >= 0.3 is 17.9 Å². The molecule has 254 valence electrons. The molecule has 6 atom stereocenters. The molecule has 1 aliphatic heterocycles. The Morgan fingerprint density at radius 1 is 1.15 bits per heavy atom. The average Bonchev–Trinajstić information content (AvgIpc) is 3.61. The summed E-state index contributed by atoms with van der Waals surface area (Å²) in [5.74, 6) is -0.632. The van der Waals surface area contributed by atoms with Crippen molar-refractivity contribution in [2.75, 3.05) is 23.3 Å². The number of hydrogen-bond acceptors (Lipinski definition) is 11. The Hall–Kier alpha value is -4.13. The van der Waals surface area contributed by atoms with Crippen LogP contribution in [0.2, 0.25) is 0 Å². The quantitative estimate of drug-likeness (QED) is 0.181. The second-order valence-electron chi connectivity index (χ2n) is 13.4. The van der Waals surface area contributed by atoms with Crippen LogP contribution in [0.1, 0.15) is 65.6 Å². The third-order valence-corrected chi connectivity index (χ3v) is 11.6. The molecule has 0 spiro atoms. The number of aryl methyl sites for hydroxylation is 1. The molecule has 12 nitrogen and oxygen atoms in total. The molecule has 0 bridgehead atoms. The summed E-state index contributed by atoms with van der Waals surface area (Å²) in [4.78, 5) is 37.0. The van der Waals surface area contributed by atoms with Crippen molar-refractivity contribution in [1.82, 2.24) is 5.16 Å². The van der Waals surface area contributed by atoms with Gasteiger partial charge in [-0.2, -0.15) is 0 Å². The Morgan fingerprint density at radius 2 is 1.87 bits per heavy atom. The molecule has 5 rings (SSSR count). The Labute approximate surface area is 275 Å². The van der Waals surface area contributed by atoms with E-state index in [1.165, 1.54) is 32.0 Å². The van der Waals surface area contributed by atoms with Crippen LogP contribution in [0.25, 0.3) is 0 Å². The maximum Gasteiger partial charge on any atom is 0.336 e. The number of nitrogens with zero attached hydrogens (tertiary/aromatic N) is 1. The van der Waals surface area contributed by atoms with Crippen molar-refractivity contribution in [1.29, 1.82) is 0 Å². The summed E-state index contributed by atoms with van der Waals surface area (Å²) in [7, 11) is -3.91. The van der Waals surface area contributed by atoms with Gasteiger partial charge < -0.3 is 24.1 Å². The van der Waals surface area contributed by atoms with Crippen LogP contribution in [-0.4, -0.2) is 56.8 Å². The van der Waals surface area contributed by atoms with E-state index in [2.05, 4.69) is 28.7 Å². The van der Waals surface area contributed by atoms with Gasteiger partial charge in [0.05, 0.1) is 16.5 Å². The van der Waals surface area contributed by atoms with Gasteiger partial charge in [-0.1, -0.05) is 31.2 Å². The number of fused-ring (bicyclic) bond motifs is 1. The number of sulfonamides is 1. The average molecular weight is 670 g/mol. The van der Waals surface area contributed by atoms with E-state index in [0.717, 1.165) is 24.8 Å². The number of carbonyl (C=O) groups excluding carboxylic acids is 3. The van der Waals surface area contributed by atoms with Gasteiger partial charge in [-0.05, 0) is 86.6 Å². The van der Waals surface area contributed by atoms with Crippen molar-refractivity contribution in [3.8, 4) is 0 Å². The molecule has 2 heterocycles. The minimum Gasteiger partial charge on any atom is -0.465 e. The van der Waals surface area contributed by atoms with Gasteiger partial charge in [0.15, 0.2) is 5.82 Å². The molecule has 3 aliphatic rings. The summed E-state index contributed by atoms with van der Waals surface area (Å²) in [6, 6.07) is 7.27. The maximum atomic E-state index is 12.9. The molecule has 0 radical (unpaired) electrons. The van der Waals surface area contributed by atoms with Gasteiger partial charge in [0.25, 0.3) is 10.0 Å². The molecule has 13 heteroatoms. The zero-order chi connectivity index (χ0) is 34.1. The zero-order valence-electron chi connectivity index (χ0n) is 27.5. The number of rotatable bonds is 11. The molecule has 1 aromatic carbocycles. The minimum atomic E-state index is -3.91. The van der Waals surface area contributed by atoms with Crippen molar-refractivity contribution in [2.45, 2.75) is 83.8 Å². The highest BCUT2D eigenvalue weighted by Gasteiger charge is 2.60. The van der Waals surface area contributed by atoms with Crippen molar-refractivity contribution in [3.63, 3.8) is 0 Å². The molecule has 0 saturated heterocycles. The molecule has 2 saturated carbocycles. The van der Waals surface area contributed by atoms with Crippen LogP contribution in [-0.2, 0) is 38.6 Å². The second kappa shape index (κ2) is 13.2. The van der Waals surface area contributed by atoms with Crippen molar-refractivity contribution >= 4 is 39.4 Å². The van der Waals surface area contributed by atoms with E-state index in [9.17, 15) is 22.8 Å². The van der Waals surface area contributed by atoms with Crippen LogP contribution in [0.5, 0.6) is 0 Å². The van der Waals surface area contributed by atoms with E-state index in [0.29, 0.717) is 29.9 Å². The number of hydrogen-bond donors (Lipinski definition) is 2. The predicted molar refractivity (Wildman–Crippen MR) is 173 cm³/mol. The van der Waals surface area contributed by atoms with E-state index >= 15 is 0 Å². The van der Waals surface area contributed by atoms with Crippen LogP contribution in [0, 0.1) is 29.6 Å². The summed E-state index contributed by atoms with van der Waals surface area (Å²) >= 11 is 0. The van der Waals surface area contributed by atoms with Crippen molar-refractivity contribution in [3.05, 3.63) is 59.9 Å². The van der Waals surface area contributed by atoms with Gasteiger partial charge in [-0.25, -0.2) is 13.2 Å². The lowest BCUT2D eigenvalue weighted by Crippen LogP contribution is -2.59. The first-order chi connectivity index (χ1) is 22.1. The molecular formula is C34H43N3O9S.